The Kier molecular flexibility index (Phi) is 7.29. The third-order valence-electron chi connectivity index (χ3n) is 5.21. The Balaban J connectivity index is 2.12. The summed E-state index contributed by atoms with van der Waals surface area (Å²) in [4.78, 5) is 26.6. The molecule has 2 rings (SSSR count). The van der Waals surface area contributed by atoms with Crippen LogP contribution in [0.2, 0.25) is 0 Å². The lowest BCUT2D eigenvalue weighted by Crippen LogP contribution is -3.14. The van der Waals surface area contributed by atoms with Gasteiger partial charge in [0, 0.05) is 31.8 Å². The van der Waals surface area contributed by atoms with E-state index >= 15 is 0 Å². The van der Waals surface area contributed by atoms with Crippen molar-refractivity contribution < 1.29 is 27.7 Å². The number of amides is 2. The first kappa shape index (κ1) is 22.0. The number of alkyl halides is 3. The maximum absolute atomic E-state index is 13.1. The number of hydrogen-bond acceptors (Lipinski definition) is 3. The topological polar surface area (TPSA) is 79.9 Å². The van der Waals surface area contributed by atoms with Gasteiger partial charge in [0.1, 0.15) is 0 Å². The SMILES string of the molecule is CCN(CC)c1ccc(C(F)(F)F)cc1NC(=O)C[NH+]1CCC(C(N)=O)CC1. The van der Waals surface area contributed by atoms with Gasteiger partial charge in [-0.05, 0) is 32.0 Å². The van der Waals surface area contributed by atoms with Gasteiger partial charge in [0.2, 0.25) is 5.91 Å². The van der Waals surface area contributed by atoms with Crippen LogP contribution in [-0.2, 0) is 15.8 Å². The Morgan fingerprint density at radius 3 is 2.32 bits per heavy atom. The second-order valence-electron chi connectivity index (χ2n) is 7.05. The van der Waals surface area contributed by atoms with E-state index in [0.717, 1.165) is 17.0 Å². The van der Waals surface area contributed by atoms with E-state index in [1.165, 1.54) is 6.07 Å². The molecule has 156 valence electrons. The second kappa shape index (κ2) is 9.27. The maximum Gasteiger partial charge on any atom is 0.416 e. The number of benzene rings is 1. The Labute approximate surface area is 162 Å². The molecular weight excluding hydrogens is 373 g/mol. The number of hydrogen-bond donors (Lipinski definition) is 3. The van der Waals surface area contributed by atoms with Gasteiger partial charge in [0.05, 0.1) is 30.0 Å². The smallest absolute Gasteiger partial charge is 0.370 e. The fraction of sp³-hybridized carbons (Fsp3) is 0.579. The van der Waals surface area contributed by atoms with Crippen LogP contribution in [0.5, 0.6) is 0 Å². The van der Waals surface area contributed by atoms with E-state index in [1.807, 2.05) is 18.7 Å². The van der Waals surface area contributed by atoms with Crippen LogP contribution in [0.3, 0.4) is 0 Å². The molecule has 0 aliphatic carbocycles. The number of nitrogens with zero attached hydrogens (tertiary/aromatic N) is 1. The van der Waals surface area contributed by atoms with Crippen LogP contribution in [-0.4, -0.2) is 44.5 Å². The zero-order valence-corrected chi connectivity index (χ0v) is 16.2. The van der Waals surface area contributed by atoms with E-state index < -0.39 is 11.7 Å². The van der Waals surface area contributed by atoms with E-state index in [1.54, 1.807) is 0 Å². The summed E-state index contributed by atoms with van der Waals surface area (Å²) in [5, 5.41) is 2.66. The Bertz CT molecular complexity index is 697. The summed E-state index contributed by atoms with van der Waals surface area (Å²) >= 11 is 0. The minimum atomic E-state index is -4.48. The van der Waals surface area contributed by atoms with Crippen molar-refractivity contribution in [2.24, 2.45) is 11.7 Å². The normalized spacial score (nSPS) is 19.9. The fourth-order valence-electron chi connectivity index (χ4n) is 3.56. The average Bonchev–Trinajstić information content (AvgIpc) is 2.63. The summed E-state index contributed by atoms with van der Waals surface area (Å²) in [7, 11) is 0. The quantitative estimate of drug-likeness (QED) is 0.644. The molecular formula is C19H28F3N4O2+. The lowest BCUT2D eigenvalue weighted by molar-refractivity contribution is -0.897. The van der Waals surface area contributed by atoms with Gasteiger partial charge in [-0.2, -0.15) is 13.2 Å². The Hall–Kier alpha value is -2.29. The molecule has 0 radical (unpaired) electrons. The zero-order valence-electron chi connectivity index (χ0n) is 16.2. The van der Waals surface area contributed by atoms with Crippen molar-refractivity contribution >= 4 is 23.2 Å². The summed E-state index contributed by atoms with van der Waals surface area (Å²) in [6.07, 6.45) is -3.25. The van der Waals surface area contributed by atoms with Gasteiger partial charge in [-0.15, -0.1) is 0 Å². The highest BCUT2D eigenvalue weighted by atomic mass is 19.4. The van der Waals surface area contributed by atoms with Crippen molar-refractivity contribution in [3.05, 3.63) is 23.8 Å². The van der Waals surface area contributed by atoms with Crippen LogP contribution in [0.4, 0.5) is 24.5 Å². The number of piperidine rings is 1. The molecule has 1 aliphatic rings. The lowest BCUT2D eigenvalue weighted by Gasteiger charge is -2.28. The van der Waals surface area contributed by atoms with Crippen LogP contribution in [0.25, 0.3) is 0 Å². The maximum atomic E-state index is 13.1. The molecule has 0 aromatic heterocycles. The minimum Gasteiger partial charge on any atom is -0.370 e. The molecule has 28 heavy (non-hydrogen) atoms. The third-order valence-corrected chi connectivity index (χ3v) is 5.21. The number of quaternary nitrogens is 1. The van der Waals surface area contributed by atoms with E-state index in [-0.39, 0.29) is 30.0 Å². The van der Waals surface area contributed by atoms with Gasteiger partial charge in [-0.25, -0.2) is 0 Å². The van der Waals surface area contributed by atoms with Crippen molar-refractivity contribution in [3.63, 3.8) is 0 Å². The van der Waals surface area contributed by atoms with Crippen LogP contribution in [0.15, 0.2) is 18.2 Å². The van der Waals surface area contributed by atoms with E-state index in [2.05, 4.69) is 5.32 Å². The van der Waals surface area contributed by atoms with Crippen LogP contribution >= 0.6 is 0 Å². The molecule has 1 aromatic carbocycles. The monoisotopic (exact) mass is 401 g/mol. The number of likely N-dealkylation sites (tertiary alicyclic amines) is 1. The molecule has 1 heterocycles. The third kappa shape index (κ3) is 5.60. The highest BCUT2D eigenvalue weighted by molar-refractivity contribution is 5.95. The molecule has 1 fully saturated rings. The molecule has 1 aromatic rings. The number of anilines is 2. The molecule has 0 saturated carbocycles. The highest BCUT2D eigenvalue weighted by Gasteiger charge is 2.32. The largest absolute Gasteiger partial charge is 0.416 e. The van der Waals surface area contributed by atoms with E-state index in [4.69, 9.17) is 5.73 Å². The minimum absolute atomic E-state index is 0.138. The Morgan fingerprint density at radius 1 is 1.21 bits per heavy atom. The van der Waals surface area contributed by atoms with Crippen LogP contribution in [0.1, 0.15) is 32.3 Å². The van der Waals surface area contributed by atoms with E-state index in [9.17, 15) is 22.8 Å². The predicted molar refractivity (Wildman–Crippen MR) is 101 cm³/mol. The first-order chi connectivity index (χ1) is 13.2. The van der Waals surface area contributed by atoms with Crippen molar-refractivity contribution in [2.45, 2.75) is 32.9 Å². The first-order valence-corrected chi connectivity index (χ1v) is 9.54. The molecule has 0 atom stereocenters. The summed E-state index contributed by atoms with van der Waals surface area (Å²) < 4.78 is 39.3. The number of rotatable bonds is 7. The number of carbonyl (C=O) groups excluding carboxylic acids is 2. The van der Waals surface area contributed by atoms with Crippen molar-refractivity contribution in [1.82, 2.24) is 0 Å². The summed E-state index contributed by atoms with van der Waals surface area (Å²) in [6.45, 7) is 6.42. The van der Waals surface area contributed by atoms with Gasteiger partial charge >= 0.3 is 6.18 Å². The Morgan fingerprint density at radius 2 is 1.82 bits per heavy atom. The molecule has 6 nitrogen and oxygen atoms in total. The zero-order chi connectivity index (χ0) is 20.9. The number of primary amides is 1. The molecule has 0 unspecified atom stereocenters. The summed E-state index contributed by atoms with van der Waals surface area (Å²) in [5.74, 6) is -0.832. The van der Waals surface area contributed by atoms with Gasteiger partial charge in [-0.1, -0.05) is 0 Å². The standard InChI is InChI=1S/C19H27F3N4O2/c1-3-26(4-2)16-6-5-14(19(20,21)22)11-15(16)24-17(27)12-25-9-7-13(8-10-25)18(23)28/h5-6,11,13H,3-4,7-10,12H2,1-2H3,(H2,23,28)(H,24,27)/p+1. The molecule has 0 spiro atoms. The predicted octanol–water partition coefficient (Wildman–Crippen LogP) is 1.27. The number of nitrogens with two attached hydrogens (primary N) is 1. The molecule has 1 saturated heterocycles. The highest BCUT2D eigenvalue weighted by Crippen LogP contribution is 2.35. The molecule has 2 amide bonds. The van der Waals surface area contributed by atoms with Crippen molar-refractivity contribution in [2.75, 3.05) is 42.9 Å². The van der Waals surface area contributed by atoms with Gasteiger partial charge in [-0.3, -0.25) is 9.59 Å². The number of nitrogens with one attached hydrogen (secondary N) is 2. The fourth-order valence-corrected chi connectivity index (χ4v) is 3.56. The summed E-state index contributed by atoms with van der Waals surface area (Å²) in [5.41, 5.74) is 5.24. The van der Waals surface area contributed by atoms with Crippen molar-refractivity contribution in [1.29, 1.82) is 0 Å². The lowest BCUT2D eigenvalue weighted by atomic mass is 9.96. The number of carbonyl (C=O) groups is 2. The molecule has 1 aliphatic heterocycles. The molecule has 9 heteroatoms. The first-order valence-electron chi connectivity index (χ1n) is 9.54. The van der Waals surface area contributed by atoms with Gasteiger partial charge in [0.15, 0.2) is 6.54 Å². The van der Waals surface area contributed by atoms with Crippen LogP contribution < -0.4 is 20.9 Å². The van der Waals surface area contributed by atoms with E-state index in [0.29, 0.717) is 44.7 Å². The second-order valence-corrected chi connectivity index (χ2v) is 7.05. The molecule has 4 N–H and O–H groups in total. The number of halogens is 3. The van der Waals surface area contributed by atoms with Crippen LogP contribution in [0, 0.1) is 5.92 Å². The summed E-state index contributed by atoms with van der Waals surface area (Å²) in [6, 6.07) is 3.42. The average molecular weight is 401 g/mol. The van der Waals surface area contributed by atoms with Crippen molar-refractivity contribution in [3.8, 4) is 0 Å². The van der Waals surface area contributed by atoms with Gasteiger partial charge < -0.3 is 20.9 Å². The van der Waals surface area contributed by atoms with Gasteiger partial charge in [0.25, 0.3) is 5.91 Å². The molecule has 0 bridgehead atoms.